The summed E-state index contributed by atoms with van der Waals surface area (Å²) >= 11 is 0. The Kier molecular flexibility index (Phi) is 5.15. The molecule has 1 aromatic rings. The number of ether oxygens (including phenoxy) is 2. The first-order chi connectivity index (χ1) is 10.4. The molecule has 1 heterocycles. The lowest BCUT2D eigenvalue weighted by Crippen LogP contribution is -2.35. The molecular weight excluding hydrogens is 299 g/mol. The maximum atomic E-state index is 12.0. The van der Waals surface area contributed by atoms with Gasteiger partial charge in [0.25, 0.3) is 0 Å². The number of carbonyl (C=O) groups is 1. The van der Waals surface area contributed by atoms with Crippen LogP contribution in [-0.2, 0) is 11.2 Å². The van der Waals surface area contributed by atoms with Gasteiger partial charge in [0, 0.05) is 24.9 Å². The number of carbonyl (C=O) groups excluding carboxylic acids is 1. The van der Waals surface area contributed by atoms with Crippen LogP contribution in [0.3, 0.4) is 0 Å². The quantitative estimate of drug-likeness (QED) is 0.908. The van der Waals surface area contributed by atoms with Crippen LogP contribution in [0.4, 0.5) is 13.2 Å². The number of fused-ring (bicyclic) bond motifs is 1. The molecule has 0 radical (unpaired) electrons. The van der Waals surface area contributed by atoms with Crippen molar-refractivity contribution in [3.8, 4) is 11.5 Å². The van der Waals surface area contributed by atoms with E-state index < -0.39 is 24.9 Å². The number of nitrogens with one attached hydrogen (secondary N) is 1. The van der Waals surface area contributed by atoms with Crippen LogP contribution in [0, 0.1) is 5.92 Å². The maximum Gasteiger partial charge on any atom is 0.389 e. The van der Waals surface area contributed by atoms with Crippen LogP contribution in [0.25, 0.3) is 0 Å². The van der Waals surface area contributed by atoms with Gasteiger partial charge >= 0.3 is 6.18 Å². The number of rotatable bonds is 5. The van der Waals surface area contributed by atoms with Crippen molar-refractivity contribution >= 4 is 5.91 Å². The molecule has 4 nitrogen and oxygen atoms in total. The van der Waals surface area contributed by atoms with Crippen molar-refractivity contribution < 1.29 is 27.4 Å². The Bertz CT molecular complexity index is 531. The summed E-state index contributed by atoms with van der Waals surface area (Å²) in [6, 6.07) is 5.52. The predicted octanol–water partition coefficient (Wildman–Crippen LogP) is 2.71. The monoisotopic (exact) mass is 317 g/mol. The third-order valence-corrected chi connectivity index (χ3v) is 3.48. The number of amides is 1. The van der Waals surface area contributed by atoms with Gasteiger partial charge in [0.2, 0.25) is 5.91 Å². The Labute approximate surface area is 126 Å². The van der Waals surface area contributed by atoms with Gasteiger partial charge in [-0.2, -0.15) is 13.2 Å². The van der Waals surface area contributed by atoms with E-state index >= 15 is 0 Å². The fourth-order valence-electron chi connectivity index (χ4n) is 2.28. The van der Waals surface area contributed by atoms with Crippen LogP contribution in [-0.4, -0.2) is 32.3 Å². The van der Waals surface area contributed by atoms with Gasteiger partial charge in [-0.05, 0) is 18.1 Å². The second kappa shape index (κ2) is 6.89. The molecule has 0 saturated carbocycles. The molecule has 0 bridgehead atoms. The molecule has 0 aliphatic carbocycles. The minimum atomic E-state index is -4.30. The third-order valence-electron chi connectivity index (χ3n) is 3.48. The summed E-state index contributed by atoms with van der Waals surface area (Å²) in [5, 5.41) is 2.53. The number of methoxy groups -OCH3 is 1. The van der Waals surface area contributed by atoms with Gasteiger partial charge in [-0.3, -0.25) is 4.79 Å². The Morgan fingerprint density at radius 1 is 1.45 bits per heavy atom. The van der Waals surface area contributed by atoms with Crippen LogP contribution in [0.1, 0.15) is 18.4 Å². The van der Waals surface area contributed by atoms with Crippen LogP contribution >= 0.6 is 0 Å². The minimum Gasteiger partial charge on any atom is -0.497 e. The fourth-order valence-corrected chi connectivity index (χ4v) is 2.28. The lowest BCUT2D eigenvalue weighted by Gasteiger charge is -2.25. The zero-order valence-electron chi connectivity index (χ0n) is 12.2. The normalized spacial score (nSPS) is 17.4. The second-order valence-corrected chi connectivity index (χ2v) is 5.27. The van der Waals surface area contributed by atoms with E-state index in [9.17, 15) is 18.0 Å². The van der Waals surface area contributed by atoms with Gasteiger partial charge in [-0.25, -0.2) is 0 Å². The van der Waals surface area contributed by atoms with Crippen molar-refractivity contribution in [3.63, 3.8) is 0 Å². The molecule has 1 aliphatic heterocycles. The van der Waals surface area contributed by atoms with Crippen molar-refractivity contribution in [2.75, 3.05) is 20.3 Å². The summed E-state index contributed by atoms with van der Waals surface area (Å²) in [6.45, 7) is 0.724. The molecule has 1 atom stereocenters. The standard InChI is InChI=1S/C15H18F3NO3/c1-21-12-3-2-11-6-10(9-22-13(11)7-12)8-19-14(20)4-5-15(16,17)18/h2-3,7,10H,4-6,8-9H2,1H3,(H,19,20). The van der Waals surface area contributed by atoms with Gasteiger partial charge in [0.05, 0.1) is 20.1 Å². The van der Waals surface area contributed by atoms with E-state index in [-0.39, 0.29) is 5.92 Å². The van der Waals surface area contributed by atoms with Crippen LogP contribution in [0.2, 0.25) is 0 Å². The third kappa shape index (κ3) is 4.82. The van der Waals surface area contributed by atoms with Gasteiger partial charge in [-0.15, -0.1) is 0 Å². The zero-order valence-corrected chi connectivity index (χ0v) is 12.2. The van der Waals surface area contributed by atoms with E-state index in [1.54, 1.807) is 13.2 Å². The lowest BCUT2D eigenvalue weighted by atomic mass is 9.96. The van der Waals surface area contributed by atoms with Crippen molar-refractivity contribution in [2.45, 2.75) is 25.4 Å². The van der Waals surface area contributed by atoms with E-state index in [1.165, 1.54) is 0 Å². The highest BCUT2D eigenvalue weighted by Gasteiger charge is 2.28. The largest absolute Gasteiger partial charge is 0.497 e. The molecule has 1 amide bonds. The lowest BCUT2D eigenvalue weighted by molar-refractivity contribution is -0.144. The molecule has 0 saturated heterocycles. The van der Waals surface area contributed by atoms with E-state index in [2.05, 4.69) is 5.32 Å². The molecule has 0 aromatic heterocycles. The molecule has 1 unspecified atom stereocenters. The first kappa shape index (κ1) is 16.5. The smallest absolute Gasteiger partial charge is 0.389 e. The van der Waals surface area contributed by atoms with Crippen LogP contribution in [0.5, 0.6) is 11.5 Å². The predicted molar refractivity (Wildman–Crippen MR) is 74.0 cm³/mol. The number of halogens is 3. The highest BCUT2D eigenvalue weighted by molar-refractivity contribution is 5.75. The first-order valence-electron chi connectivity index (χ1n) is 7.00. The first-order valence-corrected chi connectivity index (χ1v) is 7.00. The summed E-state index contributed by atoms with van der Waals surface area (Å²) in [4.78, 5) is 11.4. The molecule has 1 aromatic carbocycles. The average Bonchev–Trinajstić information content (AvgIpc) is 2.49. The summed E-state index contributed by atoms with van der Waals surface area (Å²) in [7, 11) is 1.57. The molecule has 22 heavy (non-hydrogen) atoms. The minimum absolute atomic E-state index is 0.0516. The van der Waals surface area contributed by atoms with E-state index in [0.717, 1.165) is 11.3 Å². The Morgan fingerprint density at radius 3 is 2.91 bits per heavy atom. The number of benzene rings is 1. The van der Waals surface area contributed by atoms with E-state index in [1.807, 2.05) is 12.1 Å². The number of hydrogen-bond acceptors (Lipinski definition) is 3. The molecule has 1 N–H and O–H groups in total. The highest BCUT2D eigenvalue weighted by atomic mass is 19.4. The SMILES string of the molecule is COc1ccc2c(c1)OCC(CNC(=O)CCC(F)(F)F)C2. The summed E-state index contributed by atoms with van der Waals surface area (Å²) in [5.74, 6) is 0.922. The summed E-state index contributed by atoms with van der Waals surface area (Å²) in [5.41, 5.74) is 1.00. The molecular formula is C15H18F3NO3. The maximum absolute atomic E-state index is 12.0. The summed E-state index contributed by atoms with van der Waals surface area (Å²) < 4.78 is 46.8. The van der Waals surface area contributed by atoms with E-state index in [0.29, 0.717) is 25.3 Å². The molecule has 1 aliphatic rings. The molecule has 2 rings (SSSR count). The van der Waals surface area contributed by atoms with Crippen LogP contribution < -0.4 is 14.8 Å². The van der Waals surface area contributed by atoms with Crippen molar-refractivity contribution in [1.29, 1.82) is 0 Å². The second-order valence-electron chi connectivity index (χ2n) is 5.27. The van der Waals surface area contributed by atoms with Crippen LogP contribution in [0.15, 0.2) is 18.2 Å². The Hall–Kier alpha value is -1.92. The average molecular weight is 317 g/mol. The van der Waals surface area contributed by atoms with Gasteiger partial charge in [0.1, 0.15) is 11.5 Å². The molecule has 7 heteroatoms. The van der Waals surface area contributed by atoms with E-state index in [4.69, 9.17) is 9.47 Å². The zero-order chi connectivity index (χ0) is 16.2. The Balaban J connectivity index is 1.80. The highest BCUT2D eigenvalue weighted by Crippen LogP contribution is 2.30. The topological polar surface area (TPSA) is 47.6 Å². The van der Waals surface area contributed by atoms with Gasteiger partial charge < -0.3 is 14.8 Å². The van der Waals surface area contributed by atoms with Crippen molar-refractivity contribution in [3.05, 3.63) is 23.8 Å². The fraction of sp³-hybridized carbons (Fsp3) is 0.533. The molecule has 0 fully saturated rings. The van der Waals surface area contributed by atoms with Gasteiger partial charge in [-0.1, -0.05) is 6.07 Å². The summed E-state index contributed by atoms with van der Waals surface area (Å²) in [6.07, 6.45) is -5.23. The van der Waals surface area contributed by atoms with Gasteiger partial charge in [0.15, 0.2) is 0 Å². The Morgan fingerprint density at radius 2 is 2.23 bits per heavy atom. The van der Waals surface area contributed by atoms with Crippen molar-refractivity contribution in [1.82, 2.24) is 5.32 Å². The molecule has 0 spiro atoms. The number of alkyl halides is 3. The number of hydrogen-bond donors (Lipinski definition) is 1. The van der Waals surface area contributed by atoms with Crippen molar-refractivity contribution in [2.24, 2.45) is 5.92 Å². The molecule has 122 valence electrons.